The van der Waals surface area contributed by atoms with Crippen molar-refractivity contribution in [3.63, 3.8) is 0 Å². The summed E-state index contributed by atoms with van der Waals surface area (Å²) in [4.78, 5) is 6.67. The van der Waals surface area contributed by atoms with Gasteiger partial charge in [-0.05, 0) is 18.6 Å². The number of ether oxygens (including phenoxy) is 2. The van der Waals surface area contributed by atoms with E-state index in [0.29, 0.717) is 6.10 Å². The van der Waals surface area contributed by atoms with Gasteiger partial charge in [0, 0.05) is 53.2 Å². The largest absolute Gasteiger partial charge is 0.490 e. The van der Waals surface area contributed by atoms with Gasteiger partial charge in [0.15, 0.2) is 5.96 Å². The van der Waals surface area contributed by atoms with Crippen LogP contribution in [0.2, 0.25) is 0 Å². The summed E-state index contributed by atoms with van der Waals surface area (Å²) in [6, 6.07) is 10.1. The van der Waals surface area contributed by atoms with Gasteiger partial charge in [-0.1, -0.05) is 18.2 Å². The highest BCUT2D eigenvalue weighted by Crippen LogP contribution is 2.18. The lowest BCUT2D eigenvalue weighted by Gasteiger charge is -2.34. The van der Waals surface area contributed by atoms with Crippen LogP contribution in [0.25, 0.3) is 0 Å². The highest BCUT2D eigenvalue weighted by atomic mass is 127. The van der Waals surface area contributed by atoms with Crippen LogP contribution >= 0.6 is 24.0 Å². The number of rotatable bonds is 6. The molecule has 6 heteroatoms. The number of benzene rings is 1. The fourth-order valence-corrected chi connectivity index (χ4v) is 2.63. The Labute approximate surface area is 156 Å². The fraction of sp³-hybridized carbons (Fsp3) is 0.588. The van der Waals surface area contributed by atoms with Crippen LogP contribution in [0.1, 0.15) is 19.3 Å². The summed E-state index contributed by atoms with van der Waals surface area (Å²) in [6.07, 6.45) is 3.33. The Balaban J connectivity index is 0.00000264. The Morgan fingerprint density at radius 3 is 2.57 bits per heavy atom. The summed E-state index contributed by atoms with van der Waals surface area (Å²) in [6.45, 7) is 3.61. The Bertz CT molecular complexity index is 448. The van der Waals surface area contributed by atoms with E-state index in [-0.39, 0.29) is 24.0 Å². The first-order valence-electron chi connectivity index (χ1n) is 7.99. The second kappa shape index (κ2) is 11.5. The van der Waals surface area contributed by atoms with Crippen molar-refractivity contribution < 1.29 is 9.47 Å². The number of piperidine rings is 1. The number of guanidine groups is 1. The van der Waals surface area contributed by atoms with Gasteiger partial charge >= 0.3 is 0 Å². The number of hydrogen-bond acceptors (Lipinski definition) is 3. The SMILES string of the molecule is CN=C(NCCCOC)N1CCC(Oc2ccccc2)CC1.I. The molecule has 1 aromatic carbocycles. The van der Waals surface area contributed by atoms with Crippen LogP contribution in [0.4, 0.5) is 0 Å². The van der Waals surface area contributed by atoms with Gasteiger partial charge < -0.3 is 19.7 Å². The number of methoxy groups -OCH3 is 1. The number of likely N-dealkylation sites (tertiary alicyclic amines) is 1. The van der Waals surface area contributed by atoms with Gasteiger partial charge in [0.25, 0.3) is 0 Å². The molecule has 2 rings (SSSR count). The van der Waals surface area contributed by atoms with E-state index >= 15 is 0 Å². The van der Waals surface area contributed by atoms with Crippen molar-refractivity contribution in [2.24, 2.45) is 4.99 Å². The zero-order valence-electron chi connectivity index (χ0n) is 14.0. The molecule has 0 saturated carbocycles. The van der Waals surface area contributed by atoms with Crippen molar-refractivity contribution in [2.45, 2.75) is 25.4 Å². The van der Waals surface area contributed by atoms with Crippen molar-refractivity contribution in [3.05, 3.63) is 30.3 Å². The van der Waals surface area contributed by atoms with E-state index in [1.807, 2.05) is 37.4 Å². The fourth-order valence-electron chi connectivity index (χ4n) is 2.63. The first-order chi connectivity index (χ1) is 10.8. The van der Waals surface area contributed by atoms with Crippen LogP contribution in [0.5, 0.6) is 5.75 Å². The molecule has 0 radical (unpaired) electrons. The summed E-state index contributed by atoms with van der Waals surface area (Å²) in [5, 5.41) is 3.39. The Morgan fingerprint density at radius 2 is 1.96 bits per heavy atom. The van der Waals surface area contributed by atoms with E-state index < -0.39 is 0 Å². The van der Waals surface area contributed by atoms with Crippen LogP contribution in [0.15, 0.2) is 35.3 Å². The number of nitrogens with zero attached hydrogens (tertiary/aromatic N) is 2. The molecular formula is C17H28IN3O2. The Hall–Kier alpha value is -1.02. The van der Waals surface area contributed by atoms with Crippen molar-refractivity contribution in [3.8, 4) is 5.75 Å². The lowest BCUT2D eigenvalue weighted by atomic mass is 10.1. The molecule has 23 heavy (non-hydrogen) atoms. The number of nitrogens with one attached hydrogen (secondary N) is 1. The zero-order chi connectivity index (χ0) is 15.6. The van der Waals surface area contributed by atoms with Gasteiger partial charge in [0.2, 0.25) is 0 Å². The minimum atomic E-state index is 0. The Morgan fingerprint density at radius 1 is 1.26 bits per heavy atom. The maximum absolute atomic E-state index is 6.03. The predicted molar refractivity (Wildman–Crippen MR) is 105 cm³/mol. The van der Waals surface area contributed by atoms with Crippen molar-refractivity contribution >= 4 is 29.9 Å². The third-order valence-corrected chi connectivity index (χ3v) is 3.81. The highest BCUT2D eigenvalue weighted by molar-refractivity contribution is 14.0. The van der Waals surface area contributed by atoms with E-state index in [1.54, 1.807) is 7.11 Å². The smallest absolute Gasteiger partial charge is 0.193 e. The van der Waals surface area contributed by atoms with Crippen molar-refractivity contribution in [1.82, 2.24) is 10.2 Å². The number of para-hydroxylation sites is 1. The number of hydrogen-bond donors (Lipinski definition) is 1. The van der Waals surface area contributed by atoms with Crippen LogP contribution < -0.4 is 10.1 Å². The van der Waals surface area contributed by atoms with Crippen molar-refractivity contribution in [1.29, 1.82) is 0 Å². The predicted octanol–water partition coefficient (Wildman–Crippen LogP) is 2.76. The normalized spacial score (nSPS) is 15.9. The lowest BCUT2D eigenvalue weighted by Crippen LogP contribution is -2.47. The summed E-state index contributed by atoms with van der Waals surface area (Å²) in [5.74, 6) is 1.94. The molecule has 0 aliphatic carbocycles. The van der Waals surface area contributed by atoms with Crippen molar-refractivity contribution in [2.75, 3.05) is 40.4 Å². The molecule has 1 aliphatic rings. The third kappa shape index (κ3) is 6.95. The maximum atomic E-state index is 6.03. The van der Waals surface area contributed by atoms with Crippen LogP contribution in [-0.2, 0) is 4.74 Å². The van der Waals surface area contributed by atoms with Crippen LogP contribution in [0.3, 0.4) is 0 Å². The van der Waals surface area contributed by atoms with Gasteiger partial charge in [-0.2, -0.15) is 0 Å². The average Bonchev–Trinajstić information content (AvgIpc) is 2.57. The first-order valence-corrected chi connectivity index (χ1v) is 7.99. The van der Waals surface area contributed by atoms with Gasteiger partial charge in [-0.3, -0.25) is 4.99 Å². The molecule has 0 unspecified atom stereocenters. The molecule has 1 aromatic rings. The van der Waals surface area contributed by atoms with Gasteiger partial charge in [0.05, 0.1) is 0 Å². The average molecular weight is 433 g/mol. The summed E-state index contributed by atoms with van der Waals surface area (Å²) in [5.41, 5.74) is 0. The van der Waals surface area contributed by atoms with Crippen LogP contribution in [-0.4, -0.2) is 57.4 Å². The van der Waals surface area contributed by atoms with Gasteiger partial charge in [0.1, 0.15) is 11.9 Å². The maximum Gasteiger partial charge on any atom is 0.193 e. The van der Waals surface area contributed by atoms with E-state index in [9.17, 15) is 0 Å². The zero-order valence-corrected chi connectivity index (χ0v) is 16.4. The van der Waals surface area contributed by atoms with E-state index in [2.05, 4.69) is 15.2 Å². The third-order valence-electron chi connectivity index (χ3n) is 3.81. The van der Waals surface area contributed by atoms with Crippen LogP contribution in [0, 0.1) is 0 Å². The summed E-state index contributed by atoms with van der Waals surface area (Å²) in [7, 11) is 3.57. The molecular weight excluding hydrogens is 405 g/mol. The minimum Gasteiger partial charge on any atom is -0.490 e. The Kier molecular flexibility index (Phi) is 10.0. The molecule has 1 saturated heterocycles. The quantitative estimate of drug-likeness (QED) is 0.325. The molecule has 1 heterocycles. The molecule has 0 amide bonds. The highest BCUT2D eigenvalue weighted by Gasteiger charge is 2.22. The topological polar surface area (TPSA) is 46.1 Å². The molecule has 0 aromatic heterocycles. The molecule has 0 spiro atoms. The summed E-state index contributed by atoms with van der Waals surface area (Å²) >= 11 is 0. The van der Waals surface area contributed by atoms with E-state index in [1.165, 1.54) is 0 Å². The second-order valence-electron chi connectivity index (χ2n) is 5.44. The number of aliphatic imine (C=N–C) groups is 1. The molecule has 0 bridgehead atoms. The van der Waals surface area contributed by atoms with Gasteiger partial charge in [-0.15, -0.1) is 24.0 Å². The molecule has 5 nitrogen and oxygen atoms in total. The minimum absolute atomic E-state index is 0. The molecule has 130 valence electrons. The monoisotopic (exact) mass is 433 g/mol. The lowest BCUT2D eigenvalue weighted by molar-refractivity contribution is 0.129. The van der Waals surface area contributed by atoms with E-state index in [4.69, 9.17) is 9.47 Å². The first kappa shape index (κ1) is 20.0. The standard InChI is InChI=1S/C17H27N3O2.HI/c1-18-17(19-11-6-14-21-2)20-12-9-16(10-13-20)22-15-7-4-3-5-8-15;/h3-5,7-8,16H,6,9-14H2,1-2H3,(H,18,19);1H. The molecule has 0 atom stereocenters. The molecule has 1 fully saturated rings. The van der Waals surface area contributed by atoms with Gasteiger partial charge in [-0.25, -0.2) is 0 Å². The number of halogens is 1. The molecule has 1 N–H and O–H groups in total. The molecule has 1 aliphatic heterocycles. The van der Waals surface area contributed by atoms with E-state index in [0.717, 1.165) is 57.2 Å². The second-order valence-corrected chi connectivity index (χ2v) is 5.44. The summed E-state index contributed by atoms with van der Waals surface area (Å²) < 4.78 is 11.1.